The summed E-state index contributed by atoms with van der Waals surface area (Å²) < 4.78 is 11.0. The zero-order valence-electron chi connectivity index (χ0n) is 18.0. The second-order valence-corrected chi connectivity index (χ2v) is 8.01. The second-order valence-electron chi connectivity index (χ2n) is 8.01. The van der Waals surface area contributed by atoms with Crippen molar-refractivity contribution in [3.8, 4) is 23.0 Å². The maximum atomic E-state index is 10.3. The van der Waals surface area contributed by atoms with E-state index in [4.69, 9.17) is 9.47 Å². The van der Waals surface area contributed by atoms with Crippen molar-refractivity contribution in [3.05, 3.63) is 118 Å². The van der Waals surface area contributed by atoms with Crippen molar-refractivity contribution in [2.75, 3.05) is 14.2 Å². The standard InChI is InChI=1S/C28H24O4/c1-31-26-16-20(11-13-24(26)29)28(21-12-14-25(30)27(17-21)32-2)22-9-5-3-7-18(22)15-19-8-4-6-10-23(19)28/h3-14,16-17,29-30H,15H2,1-2H3. The lowest BCUT2D eigenvalue weighted by atomic mass is 9.59. The van der Waals surface area contributed by atoms with E-state index in [1.165, 1.54) is 11.1 Å². The predicted molar refractivity (Wildman–Crippen MR) is 124 cm³/mol. The highest BCUT2D eigenvalue weighted by Gasteiger charge is 2.44. The fourth-order valence-corrected chi connectivity index (χ4v) is 5.04. The van der Waals surface area contributed by atoms with E-state index in [9.17, 15) is 10.2 Å². The minimum absolute atomic E-state index is 0.0899. The van der Waals surface area contributed by atoms with Gasteiger partial charge in [0, 0.05) is 0 Å². The van der Waals surface area contributed by atoms with Crippen molar-refractivity contribution in [3.63, 3.8) is 0 Å². The molecule has 0 saturated heterocycles. The van der Waals surface area contributed by atoms with Gasteiger partial charge in [0.15, 0.2) is 23.0 Å². The zero-order valence-corrected chi connectivity index (χ0v) is 18.0. The number of rotatable bonds is 4. The molecule has 0 spiro atoms. The first-order valence-corrected chi connectivity index (χ1v) is 10.5. The highest BCUT2D eigenvalue weighted by molar-refractivity contribution is 5.68. The van der Waals surface area contributed by atoms with Gasteiger partial charge in [-0.25, -0.2) is 0 Å². The Balaban J connectivity index is 1.96. The van der Waals surface area contributed by atoms with Gasteiger partial charge in [-0.15, -0.1) is 0 Å². The van der Waals surface area contributed by atoms with Crippen LogP contribution in [0.2, 0.25) is 0 Å². The van der Waals surface area contributed by atoms with Crippen molar-refractivity contribution in [2.24, 2.45) is 0 Å². The Morgan fingerprint density at radius 2 is 1.06 bits per heavy atom. The van der Waals surface area contributed by atoms with Crippen LogP contribution in [-0.4, -0.2) is 24.4 Å². The molecule has 0 heterocycles. The molecule has 0 radical (unpaired) electrons. The maximum Gasteiger partial charge on any atom is 0.160 e. The van der Waals surface area contributed by atoms with E-state index in [2.05, 4.69) is 48.5 Å². The summed E-state index contributed by atoms with van der Waals surface area (Å²) >= 11 is 0. The van der Waals surface area contributed by atoms with Crippen LogP contribution in [0, 0.1) is 0 Å². The minimum Gasteiger partial charge on any atom is -0.504 e. The first kappa shape index (κ1) is 20.0. The highest BCUT2D eigenvalue weighted by Crippen LogP contribution is 2.52. The van der Waals surface area contributed by atoms with Gasteiger partial charge in [0.05, 0.1) is 19.6 Å². The van der Waals surface area contributed by atoms with E-state index in [0.29, 0.717) is 11.5 Å². The molecule has 0 fully saturated rings. The van der Waals surface area contributed by atoms with E-state index < -0.39 is 5.41 Å². The van der Waals surface area contributed by atoms with E-state index in [-0.39, 0.29) is 11.5 Å². The molecule has 4 nitrogen and oxygen atoms in total. The SMILES string of the molecule is COc1cc(C2(c3ccc(O)c(OC)c3)c3ccccc3Cc3ccccc32)ccc1O. The molecular formula is C28H24O4. The Hall–Kier alpha value is -3.92. The topological polar surface area (TPSA) is 58.9 Å². The van der Waals surface area contributed by atoms with Crippen molar-refractivity contribution >= 4 is 0 Å². The first-order chi connectivity index (χ1) is 15.6. The number of fused-ring (bicyclic) bond motifs is 2. The summed E-state index contributed by atoms with van der Waals surface area (Å²) in [7, 11) is 3.11. The lowest BCUT2D eigenvalue weighted by molar-refractivity contribution is 0.371. The number of methoxy groups -OCH3 is 2. The minimum atomic E-state index is -0.687. The molecule has 1 aliphatic carbocycles. The lowest BCUT2D eigenvalue weighted by Crippen LogP contribution is -2.36. The molecule has 0 amide bonds. The van der Waals surface area contributed by atoms with Crippen LogP contribution < -0.4 is 9.47 Å². The Bertz CT molecular complexity index is 1210. The number of hydrogen-bond donors (Lipinski definition) is 2. The molecule has 160 valence electrons. The molecule has 32 heavy (non-hydrogen) atoms. The van der Waals surface area contributed by atoms with Gasteiger partial charge >= 0.3 is 0 Å². The normalized spacial score (nSPS) is 13.7. The summed E-state index contributed by atoms with van der Waals surface area (Å²) in [6, 6.07) is 27.9. The van der Waals surface area contributed by atoms with Crippen LogP contribution in [0.4, 0.5) is 0 Å². The largest absolute Gasteiger partial charge is 0.504 e. The fourth-order valence-electron chi connectivity index (χ4n) is 5.04. The van der Waals surface area contributed by atoms with Gasteiger partial charge in [-0.05, 0) is 64.1 Å². The molecule has 2 N–H and O–H groups in total. The van der Waals surface area contributed by atoms with Crippen molar-refractivity contribution in [1.29, 1.82) is 0 Å². The molecule has 0 saturated carbocycles. The highest BCUT2D eigenvalue weighted by atomic mass is 16.5. The van der Waals surface area contributed by atoms with Crippen LogP contribution in [0.25, 0.3) is 0 Å². The van der Waals surface area contributed by atoms with Crippen molar-refractivity contribution in [2.45, 2.75) is 11.8 Å². The van der Waals surface area contributed by atoms with Gasteiger partial charge in [0.1, 0.15) is 0 Å². The van der Waals surface area contributed by atoms with Crippen LogP contribution in [-0.2, 0) is 11.8 Å². The molecular weight excluding hydrogens is 400 g/mol. The number of benzene rings is 4. The molecule has 0 atom stereocenters. The molecule has 5 rings (SSSR count). The second kappa shape index (κ2) is 7.65. The Morgan fingerprint density at radius 3 is 1.50 bits per heavy atom. The maximum absolute atomic E-state index is 10.3. The number of phenols is 2. The summed E-state index contributed by atoms with van der Waals surface area (Å²) in [4.78, 5) is 0. The Labute approximate surface area is 187 Å². The summed E-state index contributed by atoms with van der Waals surface area (Å²) in [5.74, 6) is 1.00. The first-order valence-electron chi connectivity index (χ1n) is 10.5. The van der Waals surface area contributed by atoms with Gasteiger partial charge in [0.2, 0.25) is 0 Å². The predicted octanol–water partition coefficient (Wildman–Crippen LogP) is 5.40. The molecule has 0 aromatic heterocycles. The molecule has 4 aromatic carbocycles. The van der Waals surface area contributed by atoms with E-state index in [0.717, 1.165) is 28.7 Å². The van der Waals surface area contributed by atoms with Gasteiger partial charge in [-0.3, -0.25) is 0 Å². The third kappa shape index (κ3) is 2.83. The summed E-state index contributed by atoms with van der Waals surface area (Å²) in [5, 5.41) is 20.6. The van der Waals surface area contributed by atoms with Crippen LogP contribution in [0.5, 0.6) is 23.0 Å². The monoisotopic (exact) mass is 424 g/mol. The number of phenolic OH excluding ortho intramolecular Hbond substituents is 2. The van der Waals surface area contributed by atoms with Gasteiger partial charge in [-0.2, -0.15) is 0 Å². The Morgan fingerprint density at radius 1 is 0.625 bits per heavy atom. The third-order valence-electron chi connectivity index (χ3n) is 6.45. The molecule has 4 aromatic rings. The molecule has 1 aliphatic rings. The van der Waals surface area contributed by atoms with Crippen LogP contribution in [0.15, 0.2) is 84.9 Å². The van der Waals surface area contributed by atoms with E-state index >= 15 is 0 Å². The lowest BCUT2D eigenvalue weighted by Gasteiger charge is -2.42. The van der Waals surface area contributed by atoms with E-state index in [1.807, 2.05) is 24.3 Å². The average molecular weight is 424 g/mol. The van der Waals surface area contributed by atoms with Gasteiger partial charge in [0.25, 0.3) is 0 Å². The molecule has 0 bridgehead atoms. The smallest absolute Gasteiger partial charge is 0.160 e. The third-order valence-corrected chi connectivity index (χ3v) is 6.45. The van der Waals surface area contributed by atoms with Crippen molar-refractivity contribution < 1.29 is 19.7 Å². The number of hydrogen-bond acceptors (Lipinski definition) is 4. The van der Waals surface area contributed by atoms with Crippen LogP contribution in [0.3, 0.4) is 0 Å². The average Bonchev–Trinajstić information content (AvgIpc) is 2.83. The van der Waals surface area contributed by atoms with Gasteiger partial charge < -0.3 is 19.7 Å². The quantitative estimate of drug-likeness (QED) is 0.405. The fraction of sp³-hybridized carbons (Fsp3) is 0.143. The van der Waals surface area contributed by atoms with E-state index in [1.54, 1.807) is 26.4 Å². The zero-order chi connectivity index (χ0) is 22.3. The summed E-state index contributed by atoms with van der Waals surface area (Å²) in [6.07, 6.45) is 0.832. The summed E-state index contributed by atoms with van der Waals surface area (Å²) in [5.41, 5.74) is 5.99. The summed E-state index contributed by atoms with van der Waals surface area (Å²) in [6.45, 7) is 0. The van der Waals surface area contributed by atoms with Gasteiger partial charge in [-0.1, -0.05) is 60.7 Å². The van der Waals surface area contributed by atoms with Crippen LogP contribution in [0.1, 0.15) is 33.4 Å². The number of aromatic hydroxyl groups is 2. The Kier molecular flexibility index (Phi) is 4.78. The molecule has 0 aliphatic heterocycles. The number of ether oxygens (including phenoxy) is 2. The molecule has 4 heteroatoms. The van der Waals surface area contributed by atoms with Crippen molar-refractivity contribution in [1.82, 2.24) is 0 Å². The molecule has 0 unspecified atom stereocenters. The van der Waals surface area contributed by atoms with Crippen LogP contribution >= 0.6 is 0 Å².